The number of esters is 1. The maximum absolute atomic E-state index is 12.6. The van der Waals surface area contributed by atoms with Gasteiger partial charge in [-0.25, -0.2) is 0 Å². The minimum absolute atomic E-state index is 0.00985. The average Bonchev–Trinajstić information content (AvgIpc) is 2.66. The minimum atomic E-state index is -1.02. The van der Waals surface area contributed by atoms with E-state index in [-0.39, 0.29) is 11.8 Å². The molecule has 0 spiro atoms. The summed E-state index contributed by atoms with van der Waals surface area (Å²) in [5.41, 5.74) is 0.551. The largest absolute Gasteiger partial charge is 0.457 e. The van der Waals surface area contributed by atoms with E-state index < -0.39 is 18.0 Å². The van der Waals surface area contributed by atoms with Gasteiger partial charge in [-0.15, -0.1) is 12.3 Å². The summed E-state index contributed by atoms with van der Waals surface area (Å²) in [7, 11) is 0. The molecule has 2 rings (SSSR count). The fourth-order valence-corrected chi connectivity index (χ4v) is 2.89. The Morgan fingerprint density at radius 1 is 1.04 bits per heavy atom. The lowest BCUT2D eigenvalue weighted by Crippen LogP contribution is -2.29. The number of benzene rings is 2. The highest BCUT2D eigenvalue weighted by Gasteiger charge is 2.31. The summed E-state index contributed by atoms with van der Waals surface area (Å²) >= 11 is 0. The van der Waals surface area contributed by atoms with Crippen LogP contribution in [-0.2, 0) is 9.53 Å². The molecule has 0 amide bonds. The smallest absolute Gasteiger partial charge is 0.312 e. The first-order valence-corrected chi connectivity index (χ1v) is 8.85. The van der Waals surface area contributed by atoms with Gasteiger partial charge in [0.25, 0.3) is 0 Å². The Morgan fingerprint density at radius 2 is 1.70 bits per heavy atom. The predicted molar refractivity (Wildman–Crippen MR) is 104 cm³/mol. The van der Waals surface area contributed by atoms with Gasteiger partial charge >= 0.3 is 5.97 Å². The van der Waals surface area contributed by atoms with Crippen LogP contribution in [0.2, 0.25) is 0 Å². The summed E-state index contributed by atoms with van der Waals surface area (Å²) in [6.45, 7) is 5.63. The van der Waals surface area contributed by atoms with Gasteiger partial charge in [-0.1, -0.05) is 51.1 Å². The molecule has 0 fully saturated rings. The van der Waals surface area contributed by atoms with Gasteiger partial charge < -0.3 is 9.47 Å². The Bertz CT molecular complexity index is 846. The lowest BCUT2D eigenvalue weighted by molar-refractivity contribution is -0.154. The van der Waals surface area contributed by atoms with Crippen LogP contribution in [0.25, 0.3) is 0 Å². The van der Waals surface area contributed by atoms with Gasteiger partial charge in [-0.3, -0.25) is 4.79 Å². The second-order valence-corrected chi connectivity index (χ2v) is 6.66. The van der Waals surface area contributed by atoms with Crippen LogP contribution in [-0.4, -0.2) is 5.97 Å². The number of ether oxygens (including phenoxy) is 2. The molecular weight excluding hydrogens is 338 g/mol. The molecule has 2 aromatic carbocycles. The van der Waals surface area contributed by atoms with Crippen LogP contribution in [0.4, 0.5) is 0 Å². The Morgan fingerprint density at radius 3 is 2.30 bits per heavy atom. The molecule has 4 nitrogen and oxygen atoms in total. The van der Waals surface area contributed by atoms with Gasteiger partial charge in [0.05, 0.1) is 5.92 Å². The number of carbonyl (C=O) groups is 1. The van der Waals surface area contributed by atoms with Crippen molar-refractivity contribution in [3.05, 3.63) is 60.2 Å². The van der Waals surface area contributed by atoms with E-state index in [1.54, 1.807) is 24.3 Å². The van der Waals surface area contributed by atoms with E-state index >= 15 is 0 Å². The third-order valence-corrected chi connectivity index (χ3v) is 4.28. The summed E-state index contributed by atoms with van der Waals surface area (Å²) < 4.78 is 11.3. The quantitative estimate of drug-likeness (QED) is 0.507. The number of nitriles is 1. The van der Waals surface area contributed by atoms with E-state index in [1.807, 2.05) is 57.2 Å². The highest BCUT2D eigenvalue weighted by Crippen LogP contribution is 2.29. The van der Waals surface area contributed by atoms with Crippen molar-refractivity contribution < 1.29 is 14.3 Å². The van der Waals surface area contributed by atoms with Crippen molar-refractivity contribution in [2.24, 2.45) is 17.8 Å². The van der Waals surface area contributed by atoms with Crippen molar-refractivity contribution in [2.45, 2.75) is 26.9 Å². The van der Waals surface area contributed by atoms with Crippen molar-refractivity contribution in [2.75, 3.05) is 0 Å². The van der Waals surface area contributed by atoms with E-state index in [2.05, 4.69) is 5.92 Å². The lowest BCUT2D eigenvalue weighted by Gasteiger charge is -2.23. The molecule has 0 bridgehead atoms. The van der Waals surface area contributed by atoms with Gasteiger partial charge in [-0.2, -0.15) is 5.26 Å². The van der Waals surface area contributed by atoms with Gasteiger partial charge in [0.2, 0.25) is 6.10 Å². The molecule has 0 saturated heterocycles. The monoisotopic (exact) mass is 361 g/mol. The Hall–Kier alpha value is -3.24. The molecule has 0 aliphatic rings. The molecule has 3 atom stereocenters. The van der Waals surface area contributed by atoms with Crippen LogP contribution in [0, 0.1) is 41.4 Å². The van der Waals surface area contributed by atoms with Gasteiger partial charge in [0.15, 0.2) is 0 Å². The van der Waals surface area contributed by atoms with E-state index in [1.165, 1.54) is 0 Å². The zero-order valence-corrected chi connectivity index (χ0v) is 15.8. The van der Waals surface area contributed by atoms with E-state index in [9.17, 15) is 10.1 Å². The fraction of sp³-hybridized carbons (Fsp3) is 0.304. The summed E-state index contributed by atoms with van der Waals surface area (Å²) in [6.07, 6.45) is 4.45. The molecule has 138 valence electrons. The van der Waals surface area contributed by atoms with Crippen molar-refractivity contribution >= 4 is 5.97 Å². The number of hydrogen-bond donors (Lipinski definition) is 0. The molecule has 0 aliphatic carbocycles. The lowest BCUT2D eigenvalue weighted by atomic mass is 9.85. The van der Waals surface area contributed by atoms with Crippen molar-refractivity contribution in [3.63, 3.8) is 0 Å². The third kappa shape index (κ3) is 5.36. The number of hydrogen-bond acceptors (Lipinski definition) is 4. The fourth-order valence-electron chi connectivity index (χ4n) is 2.89. The highest BCUT2D eigenvalue weighted by molar-refractivity contribution is 5.74. The molecule has 27 heavy (non-hydrogen) atoms. The minimum Gasteiger partial charge on any atom is -0.457 e. The first kappa shape index (κ1) is 20.1. The first-order valence-electron chi connectivity index (χ1n) is 8.85. The summed E-state index contributed by atoms with van der Waals surface area (Å²) in [5, 5.41) is 9.52. The second kappa shape index (κ2) is 9.46. The van der Waals surface area contributed by atoms with Gasteiger partial charge in [0.1, 0.15) is 17.6 Å². The maximum Gasteiger partial charge on any atom is 0.312 e. The van der Waals surface area contributed by atoms with Crippen molar-refractivity contribution in [3.8, 4) is 29.9 Å². The molecule has 0 saturated carbocycles. The third-order valence-electron chi connectivity index (χ3n) is 4.28. The molecule has 0 heterocycles. The average molecular weight is 361 g/mol. The number of para-hydroxylation sites is 1. The van der Waals surface area contributed by atoms with Gasteiger partial charge in [-0.05, 0) is 30.2 Å². The van der Waals surface area contributed by atoms with Crippen LogP contribution in [0.5, 0.6) is 11.5 Å². The van der Waals surface area contributed by atoms with Crippen molar-refractivity contribution in [1.29, 1.82) is 5.26 Å². The van der Waals surface area contributed by atoms with Crippen LogP contribution in [0.15, 0.2) is 54.6 Å². The standard InChI is InChI=1S/C23H23NO3/c1-5-17(4)22(16(2)3)23(25)27-21(15-24)18-10-9-13-20(14-18)26-19-11-7-6-8-12-19/h1,6-14,16-17,21-22H,2-4H3. The van der Waals surface area contributed by atoms with Crippen LogP contribution in [0.1, 0.15) is 32.4 Å². The maximum atomic E-state index is 12.6. The highest BCUT2D eigenvalue weighted by atomic mass is 16.5. The van der Waals surface area contributed by atoms with E-state index in [0.717, 1.165) is 0 Å². The molecule has 0 radical (unpaired) electrons. The molecule has 2 aromatic rings. The Balaban J connectivity index is 2.18. The molecule has 4 heteroatoms. The van der Waals surface area contributed by atoms with Crippen LogP contribution in [0.3, 0.4) is 0 Å². The molecular formula is C23H23NO3. The first-order chi connectivity index (χ1) is 13.0. The second-order valence-electron chi connectivity index (χ2n) is 6.66. The zero-order valence-electron chi connectivity index (χ0n) is 15.8. The molecule has 0 aliphatic heterocycles. The normalized spacial score (nSPS) is 13.7. The SMILES string of the molecule is C#CC(C)C(C(=O)OC(C#N)c1cccc(Oc2ccccc2)c1)C(C)C. The molecule has 0 aromatic heterocycles. The van der Waals surface area contributed by atoms with Gasteiger partial charge in [0, 0.05) is 11.5 Å². The molecule has 3 unspecified atom stereocenters. The van der Waals surface area contributed by atoms with E-state index in [0.29, 0.717) is 17.1 Å². The van der Waals surface area contributed by atoms with Crippen molar-refractivity contribution in [1.82, 2.24) is 0 Å². The number of terminal acetylenes is 1. The van der Waals surface area contributed by atoms with E-state index in [4.69, 9.17) is 15.9 Å². The Labute approximate surface area is 160 Å². The number of nitrogens with zero attached hydrogens (tertiary/aromatic N) is 1. The zero-order chi connectivity index (χ0) is 19.8. The summed E-state index contributed by atoms with van der Waals surface area (Å²) in [5.74, 6) is 2.65. The predicted octanol–water partition coefficient (Wildman–Crippen LogP) is 5.13. The topological polar surface area (TPSA) is 59.3 Å². The summed E-state index contributed by atoms with van der Waals surface area (Å²) in [6, 6.07) is 18.3. The molecule has 0 N–H and O–H groups in total. The number of rotatable bonds is 7. The number of carbonyl (C=O) groups excluding carboxylic acids is 1. The van der Waals surface area contributed by atoms with Crippen LogP contribution >= 0.6 is 0 Å². The Kier molecular flexibility index (Phi) is 7.03. The van der Waals surface area contributed by atoms with Crippen LogP contribution < -0.4 is 4.74 Å². The summed E-state index contributed by atoms with van der Waals surface area (Å²) in [4.78, 5) is 12.6.